The summed E-state index contributed by atoms with van der Waals surface area (Å²) in [7, 11) is -12.3. The predicted octanol–water partition coefficient (Wildman–Crippen LogP) is 3.37. The van der Waals surface area contributed by atoms with Crippen molar-refractivity contribution >= 4 is 48.1 Å². The quantitative estimate of drug-likeness (QED) is 0.0502. The molecule has 0 fully saturated rings. The minimum atomic E-state index is -4.87. The Morgan fingerprint density at radius 1 is 0.739 bits per heavy atom. The Balaban J connectivity index is 1.51. The van der Waals surface area contributed by atoms with Crippen molar-refractivity contribution in [2.24, 2.45) is 0 Å². The van der Waals surface area contributed by atoms with Gasteiger partial charge in [0.2, 0.25) is 5.36 Å². The molecule has 1 unspecified atom stereocenters. The van der Waals surface area contributed by atoms with Gasteiger partial charge in [-0.2, -0.15) is 0 Å². The molecule has 0 bridgehead atoms. The second-order valence-corrected chi connectivity index (χ2v) is 20.7. The van der Waals surface area contributed by atoms with Gasteiger partial charge in [0.15, 0.2) is 6.54 Å². The first-order valence-electron chi connectivity index (χ1n) is 22.7. The second kappa shape index (κ2) is 28.7. The summed E-state index contributed by atoms with van der Waals surface area (Å²) in [5.74, 6) is -1.62. The number of allylic oxidation sites excluding steroid dienone is 3. The number of anilines is 1. The molecule has 23 heteroatoms. The van der Waals surface area contributed by atoms with Gasteiger partial charge in [-0.25, -0.2) is 29.8 Å². The zero-order valence-electron chi connectivity index (χ0n) is 39.1. The van der Waals surface area contributed by atoms with Crippen LogP contribution in [0.4, 0.5) is 5.69 Å². The lowest BCUT2D eigenvalue weighted by atomic mass is 9.77. The topological polar surface area (TPSA) is 284 Å². The predicted molar refractivity (Wildman–Crippen MR) is 252 cm³/mol. The molecule has 1 atom stereocenters. The fraction of sp³-hybridized carbons (Fsp3) is 0.565. The van der Waals surface area contributed by atoms with Crippen molar-refractivity contribution in [2.75, 3.05) is 116 Å². The van der Waals surface area contributed by atoms with Crippen LogP contribution in [0.25, 0.3) is 17.4 Å². The third kappa shape index (κ3) is 20.3. The summed E-state index contributed by atoms with van der Waals surface area (Å²) < 4.78 is 146. The van der Waals surface area contributed by atoms with Crippen LogP contribution in [0.5, 0.6) is 0 Å². The van der Waals surface area contributed by atoms with Crippen LogP contribution < -0.4 is 14.8 Å². The molecule has 0 aromatic heterocycles. The lowest BCUT2D eigenvalue weighted by Crippen LogP contribution is -2.35. The Morgan fingerprint density at radius 3 is 1.94 bits per heavy atom. The molecule has 1 aromatic rings. The molecule has 2 aliphatic heterocycles. The first-order chi connectivity index (χ1) is 32.8. The van der Waals surface area contributed by atoms with Crippen LogP contribution >= 0.6 is 0 Å². The van der Waals surface area contributed by atoms with Gasteiger partial charge in [-0.3, -0.25) is 4.79 Å². The molecule has 1 aliphatic carbocycles. The van der Waals surface area contributed by atoms with E-state index in [0.717, 1.165) is 5.56 Å². The number of fused-ring (bicyclic) bond motifs is 2. The Morgan fingerprint density at radius 2 is 1.35 bits per heavy atom. The first kappa shape index (κ1) is 57.5. The molecule has 3 aliphatic rings. The molecule has 0 amide bonds. The second-order valence-electron chi connectivity index (χ2n) is 16.3. The number of unbranched alkanes of at least 4 members (excludes halogenated alkanes) is 2. The van der Waals surface area contributed by atoms with E-state index in [1.54, 1.807) is 32.2 Å². The van der Waals surface area contributed by atoms with Crippen LogP contribution in [0.15, 0.2) is 75.9 Å². The van der Waals surface area contributed by atoms with E-state index < -0.39 is 58.1 Å². The molecule has 20 nitrogen and oxygen atoms in total. The highest BCUT2D eigenvalue weighted by Gasteiger charge is 2.43. The molecular formula is C46H64N2O18S3-2. The van der Waals surface area contributed by atoms with Crippen LogP contribution in [0.2, 0.25) is 0 Å². The minimum absolute atomic E-state index is 0.00900. The zero-order valence-corrected chi connectivity index (χ0v) is 41.6. The number of benzene rings is 2. The average Bonchev–Trinajstić information content (AvgIpc) is 3.50. The molecule has 2 heterocycles. The number of carboxylic acids is 1. The highest BCUT2D eigenvalue weighted by atomic mass is 32.2. The summed E-state index contributed by atoms with van der Waals surface area (Å²) in [5.41, 5.74) is 2.11. The maximum Gasteiger partial charge on any atom is 0.303 e. The van der Waals surface area contributed by atoms with Crippen molar-refractivity contribution in [3.8, 4) is 11.3 Å². The van der Waals surface area contributed by atoms with Gasteiger partial charge < -0.3 is 56.5 Å². The molecule has 386 valence electrons. The summed E-state index contributed by atoms with van der Waals surface area (Å²) in [4.78, 5) is 12.6. The van der Waals surface area contributed by atoms with Crippen molar-refractivity contribution < 1.29 is 81.7 Å². The summed E-state index contributed by atoms with van der Waals surface area (Å²) >= 11 is 0. The number of ether oxygens (including phenoxy) is 6. The Kier molecular flexibility index (Phi) is 23.9. The zero-order chi connectivity index (χ0) is 50.3. The highest BCUT2D eigenvalue weighted by Crippen LogP contribution is 2.51. The number of nitrogens with zero attached hydrogens (tertiary/aromatic N) is 2. The summed E-state index contributed by atoms with van der Waals surface area (Å²) in [6, 6.07) is 11.3. The molecule has 0 saturated carbocycles. The third-order valence-electron chi connectivity index (χ3n) is 11.2. The van der Waals surface area contributed by atoms with Gasteiger partial charge in [0.05, 0.1) is 104 Å². The number of carbonyl (C=O) groups is 1. The summed E-state index contributed by atoms with van der Waals surface area (Å²) in [5, 5.41) is 9.83. The van der Waals surface area contributed by atoms with Gasteiger partial charge >= 0.3 is 5.97 Å². The van der Waals surface area contributed by atoms with Gasteiger partial charge in [-0.1, -0.05) is 18.6 Å². The van der Waals surface area contributed by atoms with Gasteiger partial charge in [0.1, 0.15) is 29.0 Å². The van der Waals surface area contributed by atoms with E-state index in [0.29, 0.717) is 132 Å². The van der Waals surface area contributed by atoms with Crippen molar-refractivity contribution in [1.82, 2.24) is 4.58 Å². The monoisotopic (exact) mass is 1030 g/mol. The Bertz CT molecular complexity index is 2530. The number of aliphatic carboxylic acids is 1. The number of carboxylic acid groups (broad SMARTS) is 1. The number of methoxy groups -OCH3 is 1. The van der Waals surface area contributed by atoms with E-state index >= 15 is 0 Å². The molecule has 69 heavy (non-hydrogen) atoms. The minimum Gasteiger partial charge on any atom is -0.748 e. The third-order valence-corrected chi connectivity index (χ3v) is 13.6. The maximum atomic E-state index is 12.2. The molecule has 0 spiro atoms. The Hall–Kier alpha value is -4.11. The normalized spacial score (nSPS) is 16.5. The van der Waals surface area contributed by atoms with Crippen molar-refractivity contribution in [3.05, 3.63) is 83.1 Å². The number of rotatable bonds is 35. The van der Waals surface area contributed by atoms with Crippen LogP contribution in [0, 0.1) is 0 Å². The number of hydrogen-bond acceptors (Lipinski definition) is 18. The molecule has 0 saturated heterocycles. The van der Waals surface area contributed by atoms with Crippen molar-refractivity contribution in [3.63, 3.8) is 0 Å². The Labute approximate surface area is 405 Å². The van der Waals surface area contributed by atoms with Crippen molar-refractivity contribution in [2.45, 2.75) is 62.2 Å². The smallest absolute Gasteiger partial charge is 0.303 e. The largest absolute Gasteiger partial charge is 0.748 e. The summed E-state index contributed by atoms with van der Waals surface area (Å²) in [6.45, 7) is 7.28. The number of hydrogen-bond donors (Lipinski definition) is 1. The first-order valence-corrected chi connectivity index (χ1v) is 27.2. The van der Waals surface area contributed by atoms with E-state index in [1.807, 2.05) is 33.8 Å². The van der Waals surface area contributed by atoms with Gasteiger partial charge in [0, 0.05) is 66.4 Å². The van der Waals surface area contributed by atoms with E-state index in [4.69, 9.17) is 37.9 Å². The van der Waals surface area contributed by atoms with E-state index in [-0.39, 0.29) is 38.8 Å². The SMILES string of the molecule is COCCOCCOCCOCCOCCOCC[N+](CCCS(=O)(=O)[O-])=c1ccc2c(/C=C/C=C3/N(CCCCCC(=O)O)c4ccc(S(=O)(=O)[O-])cc4C3(C)CCCS(=O)(=O)[O-])ccoc-2c1. The maximum absolute atomic E-state index is 12.2. The van der Waals surface area contributed by atoms with Gasteiger partial charge in [-0.15, -0.1) is 0 Å². The van der Waals surface area contributed by atoms with E-state index in [2.05, 4.69) is 0 Å². The van der Waals surface area contributed by atoms with Crippen LogP contribution in [-0.4, -0.2) is 161 Å². The average molecular weight is 1030 g/mol. The molecular weight excluding hydrogens is 965 g/mol. The molecule has 4 rings (SSSR count). The van der Waals surface area contributed by atoms with Crippen LogP contribution in [-0.2, 0) is 69.0 Å². The van der Waals surface area contributed by atoms with E-state index in [1.165, 1.54) is 24.5 Å². The lowest BCUT2D eigenvalue weighted by Gasteiger charge is -2.31. The molecule has 0 radical (unpaired) electrons. The molecule has 1 aromatic carbocycles. The van der Waals surface area contributed by atoms with Gasteiger partial charge in [-0.05, 0) is 80.1 Å². The summed E-state index contributed by atoms with van der Waals surface area (Å²) in [6.07, 6.45) is 8.61. The fourth-order valence-corrected chi connectivity index (χ4v) is 9.30. The highest BCUT2D eigenvalue weighted by molar-refractivity contribution is 7.86. The standard InChI is InChI=1S/C46H66N2O18S3/c1-46(17-7-33-67(51,52)53)41-36-39(69(57,58)59)13-15-42(41)48(19-5-3-4-11-45(49)50)44(46)10-6-9-37-16-21-66-43-35-38(12-14-40(37)43)47(18-8-34-68(54,55)56)20-22-61-25-26-63-29-30-65-32-31-64-28-27-62-24-23-60-2/h6,9-10,12-16,21,35-36H,3-5,7-8,11,17-20,22-34H2,1-2H3,(H3-,49,50,51,52,53,54,55,56,57,58,59)/p-2. The molecule has 1 N–H and O–H groups in total. The van der Waals surface area contributed by atoms with Gasteiger partial charge in [0.25, 0.3) is 0 Å². The lowest BCUT2D eigenvalue weighted by molar-refractivity contribution is -0.137. The van der Waals surface area contributed by atoms with Crippen molar-refractivity contribution in [1.29, 1.82) is 0 Å². The van der Waals surface area contributed by atoms with E-state index in [9.17, 15) is 43.7 Å². The fourth-order valence-electron chi connectivity index (χ4n) is 7.82. The van der Waals surface area contributed by atoms with Crippen LogP contribution in [0.3, 0.4) is 0 Å². The van der Waals surface area contributed by atoms with Crippen LogP contribution in [0.1, 0.15) is 63.0 Å².